The minimum Gasteiger partial charge on any atom is -0.468 e. The predicted octanol–water partition coefficient (Wildman–Crippen LogP) is 3.54. The van der Waals surface area contributed by atoms with Crippen molar-refractivity contribution < 1.29 is 22.3 Å². The second-order valence-corrected chi connectivity index (χ2v) is 4.15. The molecule has 7 heteroatoms. The Morgan fingerprint density at radius 1 is 1.25 bits per heavy atom. The first kappa shape index (κ1) is 14.2. The number of anilines is 1. The second kappa shape index (κ2) is 5.85. The maximum Gasteiger partial charge on any atom is 0.422 e. The van der Waals surface area contributed by atoms with Gasteiger partial charge in [0.05, 0.1) is 18.4 Å². The molecule has 0 aliphatic carbocycles. The van der Waals surface area contributed by atoms with Gasteiger partial charge >= 0.3 is 6.18 Å². The van der Waals surface area contributed by atoms with Crippen LogP contribution in [0, 0.1) is 6.92 Å². The molecule has 2 aromatic heterocycles. The molecule has 0 unspecified atom stereocenters. The summed E-state index contributed by atoms with van der Waals surface area (Å²) in [4.78, 5) is 3.78. The van der Waals surface area contributed by atoms with Crippen LogP contribution in [0.2, 0.25) is 0 Å². The van der Waals surface area contributed by atoms with Crippen molar-refractivity contribution in [1.29, 1.82) is 0 Å². The van der Waals surface area contributed by atoms with Gasteiger partial charge in [-0.05, 0) is 25.1 Å². The van der Waals surface area contributed by atoms with Gasteiger partial charge in [-0.2, -0.15) is 13.2 Å². The molecule has 0 saturated carbocycles. The van der Waals surface area contributed by atoms with E-state index in [4.69, 9.17) is 4.42 Å². The Bertz CT molecular complexity index is 549. The van der Waals surface area contributed by atoms with Gasteiger partial charge in [-0.3, -0.25) is 0 Å². The Hall–Kier alpha value is -2.18. The number of nitrogens with one attached hydrogen (secondary N) is 1. The molecule has 0 bridgehead atoms. The molecule has 2 aromatic rings. The van der Waals surface area contributed by atoms with Crippen molar-refractivity contribution in [2.45, 2.75) is 19.6 Å². The second-order valence-electron chi connectivity index (χ2n) is 4.15. The van der Waals surface area contributed by atoms with Crippen molar-refractivity contribution in [3.05, 3.63) is 42.0 Å². The van der Waals surface area contributed by atoms with E-state index in [9.17, 15) is 13.2 Å². The Morgan fingerprint density at radius 2 is 2.05 bits per heavy atom. The van der Waals surface area contributed by atoms with E-state index in [0.29, 0.717) is 12.2 Å². The normalized spacial score (nSPS) is 11.4. The summed E-state index contributed by atoms with van der Waals surface area (Å²) in [5.74, 6) is 1.51. The largest absolute Gasteiger partial charge is 0.468 e. The predicted molar refractivity (Wildman–Crippen MR) is 66.6 cm³/mol. The fourth-order valence-corrected chi connectivity index (χ4v) is 1.50. The van der Waals surface area contributed by atoms with Crippen LogP contribution in [0.1, 0.15) is 11.5 Å². The van der Waals surface area contributed by atoms with Gasteiger partial charge in [0.1, 0.15) is 11.5 Å². The Labute approximate surface area is 113 Å². The number of hydrogen-bond donors (Lipinski definition) is 1. The molecule has 0 aromatic carbocycles. The van der Waals surface area contributed by atoms with E-state index >= 15 is 0 Å². The highest BCUT2D eigenvalue weighted by molar-refractivity contribution is 5.42. The summed E-state index contributed by atoms with van der Waals surface area (Å²) in [7, 11) is 0. The highest BCUT2D eigenvalue weighted by Crippen LogP contribution is 2.18. The summed E-state index contributed by atoms with van der Waals surface area (Å²) in [5.41, 5.74) is 0.665. The molecule has 0 spiro atoms. The van der Waals surface area contributed by atoms with E-state index in [0.717, 1.165) is 11.5 Å². The number of hydrogen-bond acceptors (Lipinski definition) is 4. The summed E-state index contributed by atoms with van der Waals surface area (Å²) >= 11 is 0. The zero-order valence-electron chi connectivity index (χ0n) is 10.7. The number of ether oxygens (including phenoxy) is 1. The third kappa shape index (κ3) is 4.49. The number of pyridine rings is 1. The van der Waals surface area contributed by atoms with Crippen molar-refractivity contribution in [2.75, 3.05) is 11.9 Å². The van der Waals surface area contributed by atoms with Crippen molar-refractivity contribution in [3.8, 4) is 5.88 Å². The lowest BCUT2D eigenvalue weighted by atomic mass is 10.4. The zero-order valence-corrected chi connectivity index (χ0v) is 10.7. The lowest BCUT2D eigenvalue weighted by molar-refractivity contribution is -0.154. The summed E-state index contributed by atoms with van der Waals surface area (Å²) in [5, 5.41) is 3.04. The number of aryl methyl sites for hydroxylation is 1. The third-order valence-corrected chi connectivity index (χ3v) is 2.38. The van der Waals surface area contributed by atoms with E-state index in [1.165, 1.54) is 12.3 Å². The molecule has 108 valence electrons. The van der Waals surface area contributed by atoms with Crippen LogP contribution in [0.5, 0.6) is 5.88 Å². The van der Waals surface area contributed by atoms with Crippen molar-refractivity contribution in [2.24, 2.45) is 0 Å². The first-order chi connectivity index (χ1) is 9.42. The van der Waals surface area contributed by atoms with Gasteiger partial charge in [-0.25, -0.2) is 4.98 Å². The van der Waals surface area contributed by atoms with E-state index in [1.807, 2.05) is 19.1 Å². The van der Waals surface area contributed by atoms with E-state index in [1.54, 1.807) is 6.07 Å². The molecule has 0 aliphatic rings. The fraction of sp³-hybridized carbons (Fsp3) is 0.308. The lowest BCUT2D eigenvalue weighted by Crippen LogP contribution is -2.19. The monoisotopic (exact) mass is 286 g/mol. The first-order valence-electron chi connectivity index (χ1n) is 5.87. The van der Waals surface area contributed by atoms with Gasteiger partial charge in [0.15, 0.2) is 6.61 Å². The molecule has 2 heterocycles. The molecular formula is C13H13F3N2O2. The molecule has 4 nitrogen and oxygen atoms in total. The molecule has 0 aliphatic heterocycles. The maximum absolute atomic E-state index is 12.0. The van der Waals surface area contributed by atoms with Crippen molar-refractivity contribution in [3.63, 3.8) is 0 Å². The van der Waals surface area contributed by atoms with E-state index < -0.39 is 12.8 Å². The first-order valence-corrected chi connectivity index (χ1v) is 5.87. The van der Waals surface area contributed by atoms with Gasteiger partial charge in [0, 0.05) is 6.07 Å². The highest BCUT2D eigenvalue weighted by atomic mass is 19.4. The van der Waals surface area contributed by atoms with Crippen molar-refractivity contribution >= 4 is 5.69 Å². The minimum atomic E-state index is -4.37. The SMILES string of the molecule is Cc1ccc(CNc2ccc(OCC(F)(F)F)nc2)o1. The molecule has 20 heavy (non-hydrogen) atoms. The summed E-state index contributed by atoms with van der Waals surface area (Å²) in [6.45, 7) is 0.967. The molecule has 0 fully saturated rings. The van der Waals surface area contributed by atoms with Crippen LogP contribution in [0.25, 0.3) is 0 Å². The number of rotatable bonds is 5. The number of aromatic nitrogens is 1. The lowest BCUT2D eigenvalue weighted by Gasteiger charge is -2.09. The van der Waals surface area contributed by atoms with E-state index in [-0.39, 0.29) is 5.88 Å². The highest BCUT2D eigenvalue weighted by Gasteiger charge is 2.28. The van der Waals surface area contributed by atoms with Crippen LogP contribution in [-0.4, -0.2) is 17.8 Å². The summed E-state index contributed by atoms with van der Waals surface area (Å²) in [6, 6.07) is 6.66. The van der Waals surface area contributed by atoms with Gasteiger partial charge in [0.25, 0.3) is 0 Å². The Morgan fingerprint density at radius 3 is 2.60 bits per heavy atom. The average Bonchev–Trinajstić information content (AvgIpc) is 2.80. The zero-order chi connectivity index (χ0) is 14.6. The summed E-state index contributed by atoms with van der Waals surface area (Å²) < 4.78 is 45.7. The fourth-order valence-electron chi connectivity index (χ4n) is 1.50. The van der Waals surface area contributed by atoms with Gasteiger partial charge < -0.3 is 14.5 Å². The molecule has 1 N–H and O–H groups in total. The molecule has 0 radical (unpaired) electrons. The van der Waals surface area contributed by atoms with E-state index in [2.05, 4.69) is 15.0 Å². The molecule has 0 amide bonds. The molecule has 2 rings (SSSR count). The van der Waals surface area contributed by atoms with Gasteiger partial charge in [-0.1, -0.05) is 0 Å². The quantitative estimate of drug-likeness (QED) is 0.913. The number of alkyl halides is 3. The van der Waals surface area contributed by atoms with Crippen LogP contribution in [0.3, 0.4) is 0 Å². The van der Waals surface area contributed by atoms with Crippen LogP contribution in [0.15, 0.2) is 34.9 Å². The maximum atomic E-state index is 12.0. The average molecular weight is 286 g/mol. The molecular weight excluding hydrogens is 273 g/mol. The smallest absolute Gasteiger partial charge is 0.422 e. The van der Waals surface area contributed by atoms with Crippen LogP contribution >= 0.6 is 0 Å². The Balaban J connectivity index is 1.85. The molecule has 0 saturated heterocycles. The molecule has 0 atom stereocenters. The number of nitrogens with zero attached hydrogens (tertiary/aromatic N) is 1. The van der Waals surface area contributed by atoms with Crippen LogP contribution < -0.4 is 10.1 Å². The van der Waals surface area contributed by atoms with Crippen LogP contribution in [0.4, 0.5) is 18.9 Å². The third-order valence-electron chi connectivity index (χ3n) is 2.38. The van der Waals surface area contributed by atoms with Crippen molar-refractivity contribution in [1.82, 2.24) is 4.98 Å². The van der Waals surface area contributed by atoms with Gasteiger partial charge in [0.2, 0.25) is 5.88 Å². The topological polar surface area (TPSA) is 47.3 Å². The minimum absolute atomic E-state index is 0.0679. The standard InChI is InChI=1S/C13H13F3N2O2/c1-9-2-4-11(20-9)7-17-10-3-5-12(18-6-10)19-8-13(14,15)16/h2-6,17H,7-8H2,1H3. The Kier molecular flexibility index (Phi) is 4.16. The number of furan rings is 1. The number of halogens is 3. The summed E-state index contributed by atoms with van der Waals surface area (Å²) in [6.07, 6.45) is -2.96. The van der Waals surface area contributed by atoms with Crippen LogP contribution in [-0.2, 0) is 6.54 Å². The van der Waals surface area contributed by atoms with Gasteiger partial charge in [-0.15, -0.1) is 0 Å².